The van der Waals surface area contributed by atoms with Gasteiger partial charge in [-0.2, -0.15) is 0 Å². The average molecular weight is 270 g/mol. The molecule has 0 spiro atoms. The van der Waals surface area contributed by atoms with Gasteiger partial charge in [0.1, 0.15) is 6.54 Å². The summed E-state index contributed by atoms with van der Waals surface area (Å²) >= 11 is 0. The molecule has 0 radical (unpaired) electrons. The second kappa shape index (κ2) is 8.02. The third-order valence-corrected chi connectivity index (χ3v) is 3.57. The molecule has 0 atom stereocenters. The first-order chi connectivity index (χ1) is 9.10. The summed E-state index contributed by atoms with van der Waals surface area (Å²) in [6.45, 7) is 5.30. The maximum atomic E-state index is 12.5. The number of aliphatic carboxylic acids is 1. The summed E-state index contributed by atoms with van der Waals surface area (Å²) in [5, 5.41) is 9.02. The van der Waals surface area contributed by atoms with Gasteiger partial charge >= 0.3 is 12.0 Å². The second-order valence-electron chi connectivity index (χ2n) is 5.23. The van der Waals surface area contributed by atoms with Gasteiger partial charge in [-0.05, 0) is 25.7 Å². The molecular weight excluding hydrogens is 244 g/mol. The zero-order chi connectivity index (χ0) is 14.3. The van der Waals surface area contributed by atoms with Gasteiger partial charge in [-0.1, -0.05) is 26.7 Å². The van der Waals surface area contributed by atoms with Crippen LogP contribution in [0.25, 0.3) is 0 Å². The summed E-state index contributed by atoms with van der Waals surface area (Å²) in [5.74, 6) is -0.923. The van der Waals surface area contributed by atoms with Gasteiger partial charge < -0.3 is 14.9 Å². The van der Waals surface area contributed by atoms with E-state index in [1.165, 1.54) is 0 Å². The smallest absolute Gasteiger partial charge is 0.323 e. The predicted molar refractivity (Wildman–Crippen MR) is 74.1 cm³/mol. The molecule has 1 aliphatic rings. The lowest BCUT2D eigenvalue weighted by molar-refractivity contribution is -0.138. The van der Waals surface area contributed by atoms with Gasteiger partial charge in [0.15, 0.2) is 0 Å². The predicted octanol–water partition coefficient (Wildman–Crippen LogP) is 2.56. The Kier molecular flexibility index (Phi) is 6.67. The third-order valence-electron chi connectivity index (χ3n) is 3.57. The number of carbonyl (C=O) groups excluding carboxylic acids is 1. The Balaban J connectivity index is 2.75. The van der Waals surface area contributed by atoms with E-state index in [4.69, 9.17) is 5.11 Å². The summed E-state index contributed by atoms with van der Waals surface area (Å²) in [6, 6.07) is 0.0119. The molecule has 0 aromatic rings. The normalized spacial score (nSPS) is 15.5. The molecule has 0 bridgehead atoms. The van der Waals surface area contributed by atoms with Crippen molar-refractivity contribution >= 4 is 12.0 Å². The van der Waals surface area contributed by atoms with E-state index in [-0.39, 0.29) is 18.6 Å². The van der Waals surface area contributed by atoms with Crippen LogP contribution in [-0.2, 0) is 4.79 Å². The number of rotatable bonds is 7. The van der Waals surface area contributed by atoms with Crippen molar-refractivity contribution in [3.63, 3.8) is 0 Å². The van der Waals surface area contributed by atoms with Crippen LogP contribution < -0.4 is 0 Å². The highest BCUT2D eigenvalue weighted by Gasteiger charge is 2.30. The molecule has 5 nitrogen and oxygen atoms in total. The van der Waals surface area contributed by atoms with Crippen LogP contribution >= 0.6 is 0 Å². The van der Waals surface area contributed by atoms with E-state index in [0.29, 0.717) is 13.1 Å². The first-order valence-corrected chi connectivity index (χ1v) is 7.37. The fourth-order valence-corrected chi connectivity index (χ4v) is 2.74. The molecule has 0 aromatic heterocycles. The zero-order valence-corrected chi connectivity index (χ0v) is 12.1. The van der Waals surface area contributed by atoms with Gasteiger partial charge in [-0.15, -0.1) is 0 Å². The van der Waals surface area contributed by atoms with Crippen molar-refractivity contribution in [3.05, 3.63) is 0 Å². The van der Waals surface area contributed by atoms with Crippen molar-refractivity contribution in [2.45, 2.75) is 58.4 Å². The summed E-state index contributed by atoms with van der Waals surface area (Å²) in [6.07, 6.45) is 5.86. The second-order valence-corrected chi connectivity index (χ2v) is 5.23. The lowest BCUT2D eigenvalue weighted by Crippen LogP contribution is -2.49. The van der Waals surface area contributed by atoms with E-state index >= 15 is 0 Å². The summed E-state index contributed by atoms with van der Waals surface area (Å²) in [4.78, 5) is 26.9. The van der Waals surface area contributed by atoms with Gasteiger partial charge in [-0.3, -0.25) is 4.79 Å². The first-order valence-electron chi connectivity index (χ1n) is 7.37. The Bertz CT molecular complexity index is 295. The number of nitrogens with zero attached hydrogens (tertiary/aromatic N) is 2. The van der Waals surface area contributed by atoms with Crippen LogP contribution in [0.2, 0.25) is 0 Å². The van der Waals surface area contributed by atoms with Crippen LogP contribution in [0.15, 0.2) is 0 Å². The highest BCUT2D eigenvalue weighted by atomic mass is 16.4. The molecule has 0 aliphatic heterocycles. The minimum Gasteiger partial charge on any atom is -0.480 e. The molecule has 1 saturated carbocycles. The molecule has 0 unspecified atom stereocenters. The van der Waals surface area contributed by atoms with Crippen molar-refractivity contribution in [3.8, 4) is 0 Å². The Morgan fingerprint density at radius 3 is 2.05 bits per heavy atom. The van der Waals surface area contributed by atoms with Crippen LogP contribution in [-0.4, -0.2) is 52.6 Å². The molecule has 1 aliphatic carbocycles. The molecule has 0 saturated heterocycles. The Morgan fingerprint density at radius 2 is 1.63 bits per heavy atom. The Morgan fingerprint density at radius 1 is 1.11 bits per heavy atom. The zero-order valence-electron chi connectivity index (χ0n) is 12.1. The van der Waals surface area contributed by atoms with E-state index in [1.54, 1.807) is 9.80 Å². The molecular formula is C14H26N2O3. The highest BCUT2D eigenvalue weighted by Crippen LogP contribution is 2.24. The minimum atomic E-state index is -0.923. The molecule has 110 valence electrons. The SMILES string of the molecule is CCCN(CCC)C(=O)N(CC(=O)O)C1CCCC1. The number of hydrogen-bond donors (Lipinski definition) is 1. The van der Waals surface area contributed by atoms with Crippen LogP contribution in [0.3, 0.4) is 0 Å². The largest absolute Gasteiger partial charge is 0.480 e. The first kappa shape index (κ1) is 15.8. The van der Waals surface area contributed by atoms with Crippen molar-refractivity contribution in [2.75, 3.05) is 19.6 Å². The Labute approximate surface area is 115 Å². The fraction of sp³-hybridized carbons (Fsp3) is 0.857. The molecule has 19 heavy (non-hydrogen) atoms. The van der Waals surface area contributed by atoms with E-state index in [2.05, 4.69) is 0 Å². The van der Waals surface area contributed by atoms with Crippen molar-refractivity contribution < 1.29 is 14.7 Å². The number of carbonyl (C=O) groups is 2. The lowest BCUT2D eigenvalue weighted by Gasteiger charge is -2.33. The van der Waals surface area contributed by atoms with Crippen LogP contribution in [0.5, 0.6) is 0 Å². The topological polar surface area (TPSA) is 60.9 Å². The quantitative estimate of drug-likeness (QED) is 0.773. The maximum Gasteiger partial charge on any atom is 0.323 e. The standard InChI is InChI=1S/C14H26N2O3/c1-3-9-15(10-4-2)14(19)16(11-13(17)18)12-7-5-6-8-12/h12H,3-11H2,1-2H3,(H,17,18). The van der Waals surface area contributed by atoms with Crippen molar-refractivity contribution in [2.24, 2.45) is 0 Å². The van der Waals surface area contributed by atoms with Crippen LogP contribution in [0.4, 0.5) is 4.79 Å². The fourth-order valence-electron chi connectivity index (χ4n) is 2.74. The van der Waals surface area contributed by atoms with Gasteiger partial charge in [0, 0.05) is 19.1 Å². The van der Waals surface area contributed by atoms with E-state index in [0.717, 1.165) is 38.5 Å². The van der Waals surface area contributed by atoms with Crippen molar-refractivity contribution in [1.82, 2.24) is 9.80 Å². The molecule has 0 aromatic carbocycles. The van der Waals surface area contributed by atoms with Crippen molar-refractivity contribution in [1.29, 1.82) is 0 Å². The van der Waals surface area contributed by atoms with Gasteiger partial charge in [0.25, 0.3) is 0 Å². The summed E-state index contributed by atoms with van der Waals surface area (Å²) in [7, 11) is 0. The van der Waals surface area contributed by atoms with E-state index < -0.39 is 5.97 Å². The minimum absolute atomic E-state index is 0.0991. The number of hydrogen-bond acceptors (Lipinski definition) is 2. The number of urea groups is 1. The van der Waals surface area contributed by atoms with E-state index in [1.807, 2.05) is 13.8 Å². The molecule has 1 N–H and O–H groups in total. The molecule has 0 heterocycles. The monoisotopic (exact) mass is 270 g/mol. The van der Waals surface area contributed by atoms with Crippen LogP contribution in [0.1, 0.15) is 52.4 Å². The summed E-state index contributed by atoms with van der Waals surface area (Å²) in [5.41, 5.74) is 0. The summed E-state index contributed by atoms with van der Waals surface area (Å²) < 4.78 is 0. The number of carboxylic acid groups (broad SMARTS) is 1. The lowest BCUT2D eigenvalue weighted by atomic mass is 10.2. The molecule has 5 heteroatoms. The molecule has 1 rings (SSSR count). The third kappa shape index (κ3) is 4.73. The van der Waals surface area contributed by atoms with E-state index in [9.17, 15) is 9.59 Å². The number of carboxylic acids is 1. The van der Waals surface area contributed by atoms with Gasteiger partial charge in [0.05, 0.1) is 0 Å². The van der Waals surface area contributed by atoms with Crippen LogP contribution in [0, 0.1) is 0 Å². The van der Waals surface area contributed by atoms with Gasteiger partial charge in [0.2, 0.25) is 0 Å². The highest BCUT2D eigenvalue weighted by molar-refractivity contribution is 5.80. The average Bonchev–Trinajstić information content (AvgIpc) is 2.88. The number of amides is 2. The maximum absolute atomic E-state index is 12.5. The molecule has 1 fully saturated rings. The van der Waals surface area contributed by atoms with Gasteiger partial charge in [-0.25, -0.2) is 4.79 Å². The molecule has 2 amide bonds. The Hall–Kier alpha value is -1.26.